The van der Waals surface area contributed by atoms with Crippen molar-refractivity contribution in [1.82, 2.24) is 0 Å². The maximum atomic E-state index is 12.0. The van der Waals surface area contributed by atoms with Gasteiger partial charge in [-0.25, -0.2) is 13.2 Å². The van der Waals surface area contributed by atoms with Crippen molar-refractivity contribution in [2.75, 3.05) is 0 Å². The monoisotopic (exact) mass is 274 g/mol. The first kappa shape index (κ1) is 11.6. The second kappa shape index (κ2) is 4.02. The quantitative estimate of drug-likeness (QED) is 0.224. The minimum atomic E-state index is -2.17. The van der Waals surface area contributed by atoms with Gasteiger partial charge in [0.15, 0.2) is 0 Å². The molecule has 0 nitrogen and oxygen atoms in total. The molecule has 1 aromatic carbocycles. The zero-order valence-corrected chi connectivity index (χ0v) is 6.67. The van der Waals surface area contributed by atoms with Crippen molar-refractivity contribution in [2.24, 2.45) is 0 Å². The van der Waals surface area contributed by atoms with Crippen LogP contribution in [-0.2, 0) is 22.4 Å². The van der Waals surface area contributed by atoms with E-state index in [2.05, 4.69) is 0 Å². The smallest absolute Gasteiger partial charge is 0.278 e. The predicted octanol–water partition coefficient (Wildman–Crippen LogP) is 2.18. The van der Waals surface area contributed by atoms with Crippen molar-refractivity contribution in [1.29, 1.82) is 0 Å². The van der Waals surface area contributed by atoms with Gasteiger partial charge in [0, 0.05) is 0 Å². The first-order chi connectivity index (χ1) is 5.04. The Hall–Kier alpha value is -0.390. The molecule has 0 aliphatic heterocycles. The van der Waals surface area contributed by atoms with Gasteiger partial charge in [0.05, 0.1) is 29.1 Å². The Morgan fingerprint density at radius 2 is 1.00 bits per heavy atom. The normalized spacial score (nSPS) is 9.42. The van der Waals surface area contributed by atoms with E-state index < -0.39 is 29.1 Å². The molecule has 0 fully saturated rings. The van der Waals surface area contributed by atoms with Gasteiger partial charge in [-0.1, -0.05) is 0 Å². The molecule has 6 heteroatoms. The molecule has 0 radical (unpaired) electrons. The van der Waals surface area contributed by atoms with Gasteiger partial charge in [-0.05, 0) is 0 Å². The fourth-order valence-corrected chi connectivity index (χ4v) is 0.495. The molecule has 0 aromatic heterocycles. The summed E-state index contributed by atoms with van der Waals surface area (Å²) in [4.78, 5) is 0. The van der Waals surface area contributed by atoms with Crippen molar-refractivity contribution in [3.8, 4) is 0 Å². The van der Waals surface area contributed by atoms with Gasteiger partial charge >= 0.3 is 22.4 Å². The van der Waals surface area contributed by atoms with Gasteiger partial charge in [0.2, 0.25) is 0 Å². The largest absolute Gasteiger partial charge is 1.00 e. The SMILES string of the molecule is Fc1[c-]c(F)c(F)c(F)c1F.[Ag+]. The van der Waals surface area contributed by atoms with Crippen LogP contribution in [0.15, 0.2) is 0 Å². The van der Waals surface area contributed by atoms with Gasteiger partial charge in [0.1, 0.15) is 0 Å². The zero-order valence-electron chi connectivity index (χ0n) is 5.19. The van der Waals surface area contributed by atoms with Gasteiger partial charge in [-0.15, -0.1) is 6.07 Å². The van der Waals surface area contributed by atoms with E-state index in [0.717, 1.165) is 6.07 Å². The third-order valence-electron chi connectivity index (χ3n) is 0.990. The van der Waals surface area contributed by atoms with Crippen LogP contribution in [0.1, 0.15) is 0 Å². The van der Waals surface area contributed by atoms with Crippen LogP contribution >= 0.6 is 0 Å². The Morgan fingerprint density at radius 3 is 1.33 bits per heavy atom. The van der Waals surface area contributed by atoms with E-state index in [1.54, 1.807) is 0 Å². The third-order valence-corrected chi connectivity index (χ3v) is 0.990. The van der Waals surface area contributed by atoms with Crippen molar-refractivity contribution < 1.29 is 44.3 Å². The van der Waals surface area contributed by atoms with Gasteiger partial charge in [0.25, 0.3) is 0 Å². The van der Waals surface area contributed by atoms with E-state index in [9.17, 15) is 22.0 Å². The molecule has 0 aliphatic rings. The van der Waals surface area contributed by atoms with Gasteiger partial charge in [-0.3, -0.25) is 8.78 Å². The fourth-order valence-electron chi connectivity index (χ4n) is 0.495. The third kappa shape index (κ3) is 1.85. The molecular weight excluding hydrogens is 275 g/mol. The van der Waals surface area contributed by atoms with Crippen LogP contribution in [0.2, 0.25) is 0 Å². The maximum absolute atomic E-state index is 12.0. The molecule has 0 aliphatic carbocycles. The molecule has 12 heavy (non-hydrogen) atoms. The van der Waals surface area contributed by atoms with Gasteiger partial charge < -0.3 is 0 Å². The molecule has 0 heterocycles. The molecule has 1 aromatic rings. The summed E-state index contributed by atoms with van der Waals surface area (Å²) in [5, 5.41) is 0. The van der Waals surface area contributed by atoms with Crippen LogP contribution in [0, 0.1) is 35.2 Å². The van der Waals surface area contributed by atoms with Crippen LogP contribution < -0.4 is 0 Å². The van der Waals surface area contributed by atoms with Crippen LogP contribution in [0.3, 0.4) is 0 Å². The summed E-state index contributed by atoms with van der Waals surface area (Å²) in [7, 11) is 0. The van der Waals surface area contributed by atoms with Crippen LogP contribution in [0.25, 0.3) is 0 Å². The molecule has 0 N–H and O–H groups in total. The Bertz CT molecular complexity index is 272. The van der Waals surface area contributed by atoms with E-state index in [1.807, 2.05) is 0 Å². The van der Waals surface area contributed by atoms with Crippen LogP contribution in [0.5, 0.6) is 0 Å². The van der Waals surface area contributed by atoms with E-state index in [4.69, 9.17) is 0 Å². The molecule has 0 amide bonds. The molecular formula is C6AgF5. The molecule has 0 unspecified atom stereocenters. The predicted molar refractivity (Wildman–Crippen MR) is 25.1 cm³/mol. The standard InChI is InChI=1S/C6F5.Ag/c7-2-1-3(8)5(10)6(11)4(2)9;/q-1;+1. The summed E-state index contributed by atoms with van der Waals surface area (Å²) < 4.78 is 59.9. The molecule has 0 atom stereocenters. The van der Waals surface area contributed by atoms with Crippen molar-refractivity contribution >= 4 is 0 Å². The second-order valence-corrected chi connectivity index (χ2v) is 1.69. The number of halogens is 5. The summed E-state index contributed by atoms with van der Waals surface area (Å²) in [6.07, 6.45) is 0. The first-order valence-electron chi connectivity index (χ1n) is 2.44. The average Bonchev–Trinajstić information content (AvgIpc) is 1.97. The summed E-state index contributed by atoms with van der Waals surface area (Å²) in [5.41, 5.74) is 0. The van der Waals surface area contributed by atoms with Crippen LogP contribution in [0.4, 0.5) is 22.0 Å². The molecule has 0 spiro atoms. The summed E-state index contributed by atoms with van der Waals surface area (Å²) in [5.74, 6) is -10.0. The molecule has 70 valence electrons. The zero-order chi connectivity index (χ0) is 8.59. The van der Waals surface area contributed by atoms with Gasteiger partial charge in [-0.2, -0.15) is 0 Å². The Balaban J connectivity index is 0.00000121. The Labute approximate surface area is 79.9 Å². The van der Waals surface area contributed by atoms with E-state index >= 15 is 0 Å². The summed E-state index contributed by atoms with van der Waals surface area (Å²) in [6.45, 7) is 0. The minimum Gasteiger partial charge on any atom is -0.278 e. The molecule has 1 rings (SSSR count). The fraction of sp³-hybridized carbons (Fsp3) is 0. The number of rotatable bonds is 0. The van der Waals surface area contributed by atoms with E-state index in [0.29, 0.717) is 0 Å². The average molecular weight is 275 g/mol. The molecule has 0 saturated carbocycles. The topological polar surface area (TPSA) is 0 Å². The first-order valence-corrected chi connectivity index (χ1v) is 2.44. The Morgan fingerprint density at radius 1 is 0.667 bits per heavy atom. The van der Waals surface area contributed by atoms with E-state index in [-0.39, 0.29) is 22.4 Å². The number of benzene rings is 1. The van der Waals surface area contributed by atoms with Crippen molar-refractivity contribution in [3.63, 3.8) is 0 Å². The Kier molecular flexibility index (Phi) is 3.89. The van der Waals surface area contributed by atoms with Crippen molar-refractivity contribution in [3.05, 3.63) is 35.2 Å². The summed E-state index contributed by atoms with van der Waals surface area (Å²) in [6, 6.07) is 1.02. The minimum absolute atomic E-state index is 0. The summed E-state index contributed by atoms with van der Waals surface area (Å²) >= 11 is 0. The molecule has 0 bridgehead atoms. The maximum Gasteiger partial charge on any atom is 1.00 e. The second-order valence-electron chi connectivity index (χ2n) is 1.69. The van der Waals surface area contributed by atoms with Crippen molar-refractivity contribution in [2.45, 2.75) is 0 Å². The number of hydrogen-bond acceptors (Lipinski definition) is 0. The van der Waals surface area contributed by atoms with E-state index in [1.165, 1.54) is 0 Å². The molecule has 0 saturated heterocycles. The number of hydrogen-bond donors (Lipinski definition) is 0. The van der Waals surface area contributed by atoms with Crippen LogP contribution in [-0.4, -0.2) is 0 Å².